The van der Waals surface area contributed by atoms with E-state index < -0.39 is 0 Å². The van der Waals surface area contributed by atoms with Gasteiger partial charge in [-0.05, 0) is 69.6 Å². The number of nitrogens with zero attached hydrogens (tertiary/aromatic N) is 1. The molecule has 0 aromatic heterocycles. The first-order valence-corrected chi connectivity index (χ1v) is 10.9. The molecule has 8 heteroatoms. The molecule has 4 N–H and O–H groups in total. The Balaban J connectivity index is 0.00000320. The van der Waals surface area contributed by atoms with Crippen molar-refractivity contribution in [2.75, 3.05) is 19.7 Å². The van der Waals surface area contributed by atoms with E-state index in [0.717, 1.165) is 57.5 Å². The predicted octanol–water partition coefficient (Wildman–Crippen LogP) is 2.36. The number of hydrogen-bond donors (Lipinski definition) is 4. The molecule has 0 atom stereocenters. The zero-order chi connectivity index (χ0) is 20.5. The Morgan fingerprint density at radius 1 is 1.07 bits per heavy atom. The van der Waals surface area contributed by atoms with Gasteiger partial charge in [0.25, 0.3) is 5.91 Å². The smallest absolute Gasteiger partial charge is 0.258 e. The number of aliphatic hydroxyl groups is 1. The van der Waals surface area contributed by atoms with Crippen molar-refractivity contribution in [3.05, 3.63) is 29.8 Å². The van der Waals surface area contributed by atoms with Crippen LogP contribution in [0.25, 0.3) is 0 Å². The lowest BCUT2D eigenvalue weighted by Crippen LogP contribution is -2.45. The molecule has 2 saturated carbocycles. The maximum absolute atomic E-state index is 11.7. The van der Waals surface area contributed by atoms with Crippen molar-refractivity contribution in [3.63, 3.8) is 0 Å². The molecule has 168 valence electrons. The lowest BCUT2D eigenvalue weighted by Gasteiger charge is -2.27. The summed E-state index contributed by atoms with van der Waals surface area (Å²) >= 11 is 0. The van der Waals surface area contributed by atoms with Crippen molar-refractivity contribution in [2.24, 2.45) is 4.99 Å². The molecule has 0 unspecified atom stereocenters. The number of aliphatic imine (C=N–C) groups is 1. The van der Waals surface area contributed by atoms with E-state index in [9.17, 15) is 9.90 Å². The van der Waals surface area contributed by atoms with Crippen molar-refractivity contribution < 1.29 is 14.6 Å². The van der Waals surface area contributed by atoms with Crippen molar-refractivity contribution in [3.8, 4) is 5.75 Å². The zero-order valence-corrected chi connectivity index (χ0v) is 20.1. The molecule has 30 heavy (non-hydrogen) atoms. The van der Waals surface area contributed by atoms with Crippen molar-refractivity contribution >= 4 is 35.8 Å². The second-order valence-corrected chi connectivity index (χ2v) is 7.93. The SMILES string of the molecule is CCNC(=NCCc1ccc(OCC(=O)NC2CC2)cc1)NC1CCC(O)CC1.I. The first-order valence-electron chi connectivity index (χ1n) is 10.9. The van der Waals surface area contributed by atoms with Gasteiger partial charge < -0.3 is 25.8 Å². The number of carbonyl (C=O) groups is 1. The second kappa shape index (κ2) is 13.0. The van der Waals surface area contributed by atoms with E-state index in [1.54, 1.807) is 0 Å². The lowest BCUT2D eigenvalue weighted by molar-refractivity contribution is -0.123. The van der Waals surface area contributed by atoms with Crippen LogP contribution in [0.4, 0.5) is 0 Å². The zero-order valence-electron chi connectivity index (χ0n) is 17.7. The third kappa shape index (κ3) is 9.07. The minimum atomic E-state index is -0.146. The van der Waals surface area contributed by atoms with Crippen LogP contribution in [0, 0.1) is 0 Å². The van der Waals surface area contributed by atoms with Crippen molar-refractivity contribution in [1.29, 1.82) is 0 Å². The van der Waals surface area contributed by atoms with Gasteiger partial charge in [0.1, 0.15) is 5.75 Å². The van der Waals surface area contributed by atoms with E-state index in [1.807, 2.05) is 24.3 Å². The highest BCUT2D eigenvalue weighted by atomic mass is 127. The Bertz CT molecular complexity index is 671. The van der Waals surface area contributed by atoms with E-state index in [-0.39, 0.29) is 42.6 Å². The van der Waals surface area contributed by atoms with E-state index >= 15 is 0 Å². The number of halogens is 1. The Labute approximate surface area is 196 Å². The largest absolute Gasteiger partial charge is 0.484 e. The highest BCUT2D eigenvalue weighted by Crippen LogP contribution is 2.19. The third-order valence-corrected chi connectivity index (χ3v) is 5.29. The van der Waals surface area contributed by atoms with Crippen molar-refractivity contribution in [2.45, 2.75) is 70.1 Å². The molecule has 3 rings (SSSR count). The molecule has 0 heterocycles. The van der Waals surface area contributed by atoms with Crippen LogP contribution in [0.2, 0.25) is 0 Å². The van der Waals surface area contributed by atoms with Gasteiger partial charge in [0, 0.05) is 25.2 Å². The number of benzene rings is 1. The minimum absolute atomic E-state index is 0. The normalized spacial score (nSPS) is 21.3. The standard InChI is InChI=1S/C22H34N4O3.HI/c1-2-23-22(26-18-7-9-19(27)10-8-18)24-14-13-16-3-11-20(12-4-16)29-15-21(28)25-17-5-6-17;/h3-4,11-12,17-19,27H,2,5-10,13-15H2,1H3,(H,25,28)(H2,23,24,26);1H. The molecule has 7 nitrogen and oxygen atoms in total. The molecular weight excluding hydrogens is 495 g/mol. The number of ether oxygens (including phenoxy) is 1. The fourth-order valence-corrected chi connectivity index (χ4v) is 3.43. The minimum Gasteiger partial charge on any atom is -0.484 e. The Morgan fingerprint density at radius 3 is 2.33 bits per heavy atom. The Hall–Kier alpha value is -1.55. The number of rotatable bonds is 9. The number of amides is 1. The molecule has 2 fully saturated rings. The Morgan fingerprint density at radius 2 is 1.70 bits per heavy atom. The van der Waals surface area contributed by atoms with Crippen LogP contribution in [-0.4, -0.2) is 54.9 Å². The van der Waals surface area contributed by atoms with Crippen LogP contribution < -0.4 is 20.7 Å². The highest BCUT2D eigenvalue weighted by molar-refractivity contribution is 14.0. The van der Waals surface area contributed by atoms with Crippen LogP contribution in [0.3, 0.4) is 0 Å². The molecule has 1 amide bonds. The molecular formula is C22H35IN4O3. The summed E-state index contributed by atoms with van der Waals surface area (Å²) in [6, 6.07) is 8.59. The van der Waals surface area contributed by atoms with E-state index in [4.69, 9.17) is 4.74 Å². The quantitative estimate of drug-likeness (QED) is 0.224. The molecule has 2 aliphatic rings. The number of aliphatic hydroxyl groups excluding tert-OH is 1. The van der Waals surface area contributed by atoms with Crippen molar-refractivity contribution in [1.82, 2.24) is 16.0 Å². The van der Waals surface area contributed by atoms with Crippen LogP contribution in [0.15, 0.2) is 29.3 Å². The van der Waals surface area contributed by atoms with Gasteiger partial charge in [-0.1, -0.05) is 12.1 Å². The molecule has 2 aliphatic carbocycles. The molecule has 1 aromatic carbocycles. The van der Waals surface area contributed by atoms with Gasteiger partial charge in [0.15, 0.2) is 12.6 Å². The van der Waals surface area contributed by atoms with Gasteiger partial charge in [0.2, 0.25) is 0 Å². The van der Waals surface area contributed by atoms with Crippen LogP contribution in [-0.2, 0) is 11.2 Å². The van der Waals surface area contributed by atoms with E-state index in [0.29, 0.717) is 24.4 Å². The fourth-order valence-electron chi connectivity index (χ4n) is 3.43. The average Bonchev–Trinajstić information content (AvgIpc) is 3.53. The van der Waals surface area contributed by atoms with Crippen LogP contribution in [0.5, 0.6) is 5.75 Å². The van der Waals surface area contributed by atoms with Gasteiger partial charge in [-0.2, -0.15) is 0 Å². The average molecular weight is 530 g/mol. The highest BCUT2D eigenvalue weighted by Gasteiger charge is 2.23. The fraction of sp³-hybridized carbons (Fsp3) is 0.636. The van der Waals surface area contributed by atoms with Gasteiger partial charge in [-0.15, -0.1) is 24.0 Å². The summed E-state index contributed by atoms with van der Waals surface area (Å²) in [5.41, 5.74) is 1.18. The third-order valence-electron chi connectivity index (χ3n) is 5.29. The second-order valence-electron chi connectivity index (χ2n) is 7.93. The maximum atomic E-state index is 11.7. The number of carbonyl (C=O) groups excluding carboxylic acids is 1. The summed E-state index contributed by atoms with van der Waals surface area (Å²) < 4.78 is 5.54. The summed E-state index contributed by atoms with van der Waals surface area (Å²) in [7, 11) is 0. The summed E-state index contributed by atoms with van der Waals surface area (Å²) in [6.45, 7) is 3.64. The van der Waals surface area contributed by atoms with E-state index in [2.05, 4.69) is 27.9 Å². The van der Waals surface area contributed by atoms with E-state index in [1.165, 1.54) is 5.56 Å². The maximum Gasteiger partial charge on any atom is 0.258 e. The number of nitrogens with one attached hydrogen (secondary N) is 3. The number of hydrogen-bond acceptors (Lipinski definition) is 4. The summed E-state index contributed by atoms with van der Waals surface area (Å²) in [5, 5.41) is 19.3. The van der Waals surface area contributed by atoms with Crippen LogP contribution in [0.1, 0.15) is 51.0 Å². The van der Waals surface area contributed by atoms with Gasteiger partial charge in [-0.3, -0.25) is 9.79 Å². The van der Waals surface area contributed by atoms with Gasteiger partial charge in [-0.25, -0.2) is 0 Å². The number of guanidine groups is 1. The first-order chi connectivity index (χ1) is 14.1. The predicted molar refractivity (Wildman–Crippen MR) is 130 cm³/mol. The topological polar surface area (TPSA) is 95.0 Å². The summed E-state index contributed by atoms with van der Waals surface area (Å²) in [4.78, 5) is 16.4. The van der Waals surface area contributed by atoms with Gasteiger partial charge in [0.05, 0.1) is 6.10 Å². The summed E-state index contributed by atoms with van der Waals surface area (Å²) in [5.74, 6) is 1.50. The molecule has 0 aliphatic heterocycles. The molecule has 0 radical (unpaired) electrons. The molecule has 0 bridgehead atoms. The molecule has 1 aromatic rings. The van der Waals surface area contributed by atoms with Gasteiger partial charge >= 0.3 is 0 Å². The lowest BCUT2D eigenvalue weighted by atomic mass is 9.93. The summed E-state index contributed by atoms with van der Waals surface area (Å²) in [6.07, 6.45) is 6.52. The Kier molecular flexibility index (Phi) is 10.7. The molecule has 0 saturated heterocycles. The molecule has 0 spiro atoms. The van der Waals surface area contributed by atoms with Crippen LogP contribution >= 0.6 is 24.0 Å². The first kappa shape index (κ1) is 24.7. The monoisotopic (exact) mass is 530 g/mol.